The monoisotopic (exact) mass is 404 g/mol. The second kappa shape index (κ2) is 7.92. The van der Waals surface area contributed by atoms with E-state index in [-0.39, 0.29) is 5.91 Å². The van der Waals surface area contributed by atoms with Gasteiger partial charge in [0.25, 0.3) is 0 Å². The molecule has 0 aliphatic heterocycles. The first-order valence-electron chi connectivity index (χ1n) is 9.20. The van der Waals surface area contributed by atoms with Gasteiger partial charge in [0.2, 0.25) is 5.91 Å². The lowest BCUT2D eigenvalue weighted by Gasteiger charge is -2.09. The van der Waals surface area contributed by atoms with E-state index < -0.39 is 0 Å². The quantitative estimate of drug-likeness (QED) is 0.425. The first kappa shape index (κ1) is 18.9. The van der Waals surface area contributed by atoms with Crippen molar-refractivity contribution in [1.29, 1.82) is 0 Å². The fraction of sp³-hybridized carbons (Fsp3) is 0.143. The molecule has 0 aliphatic rings. The van der Waals surface area contributed by atoms with E-state index >= 15 is 0 Å². The van der Waals surface area contributed by atoms with Crippen molar-refractivity contribution in [3.63, 3.8) is 0 Å². The summed E-state index contributed by atoms with van der Waals surface area (Å²) in [4.78, 5) is 21.6. The van der Waals surface area contributed by atoms with Gasteiger partial charge in [-0.15, -0.1) is 0 Å². The van der Waals surface area contributed by atoms with Crippen molar-refractivity contribution in [2.24, 2.45) is 0 Å². The molecule has 2 aromatic carbocycles. The standard InChI is InChI=1S/C21H20N6OS/c1-3-18(28)23-13-7-9-14(10-8-13)29-21-24-16-6-4-5-15(19(16)20(22)25-21)17-11-12(2)26-27-17/h4-11H,3H2,1-2H3,(H,23,28)(H,26,27)(H2,22,24,25). The van der Waals surface area contributed by atoms with Crippen LogP contribution >= 0.6 is 11.8 Å². The van der Waals surface area contributed by atoms with Crippen LogP contribution in [0.5, 0.6) is 0 Å². The zero-order chi connectivity index (χ0) is 20.4. The summed E-state index contributed by atoms with van der Waals surface area (Å²) in [6.07, 6.45) is 0.445. The molecule has 1 amide bonds. The molecule has 2 aromatic heterocycles. The van der Waals surface area contributed by atoms with Crippen molar-refractivity contribution >= 4 is 40.1 Å². The number of nitrogens with one attached hydrogen (secondary N) is 2. The minimum absolute atomic E-state index is 0.0149. The number of fused-ring (bicyclic) bond motifs is 1. The Morgan fingerprint density at radius 1 is 1.17 bits per heavy atom. The van der Waals surface area contributed by atoms with Crippen LogP contribution in [0.2, 0.25) is 0 Å². The number of nitrogens with zero attached hydrogens (tertiary/aromatic N) is 3. The highest BCUT2D eigenvalue weighted by Gasteiger charge is 2.13. The van der Waals surface area contributed by atoms with E-state index in [0.29, 0.717) is 17.4 Å². The van der Waals surface area contributed by atoms with Crippen LogP contribution in [0.1, 0.15) is 19.0 Å². The fourth-order valence-corrected chi connectivity index (χ4v) is 3.74. The van der Waals surface area contributed by atoms with Crippen molar-refractivity contribution in [3.05, 3.63) is 54.2 Å². The Morgan fingerprint density at radius 3 is 2.66 bits per heavy atom. The van der Waals surface area contributed by atoms with E-state index in [0.717, 1.165) is 38.4 Å². The van der Waals surface area contributed by atoms with E-state index in [1.54, 1.807) is 0 Å². The van der Waals surface area contributed by atoms with Gasteiger partial charge in [-0.25, -0.2) is 9.97 Å². The molecule has 4 rings (SSSR count). The Balaban J connectivity index is 1.63. The summed E-state index contributed by atoms with van der Waals surface area (Å²) >= 11 is 1.42. The zero-order valence-corrected chi connectivity index (χ0v) is 16.9. The molecule has 2 heterocycles. The largest absolute Gasteiger partial charge is 0.383 e. The zero-order valence-electron chi connectivity index (χ0n) is 16.1. The van der Waals surface area contributed by atoms with Gasteiger partial charge in [0.05, 0.1) is 16.6 Å². The molecule has 0 saturated heterocycles. The maximum atomic E-state index is 11.5. The average molecular weight is 404 g/mol. The van der Waals surface area contributed by atoms with Gasteiger partial charge < -0.3 is 11.1 Å². The molecule has 146 valence electrons. The molecule has 0 unspecified atom stereocenters. The minimum Gasteiger partial charge on any atom is -0.383 e. The predicted octanol–water partition coefficient (Wildman–Crippen LogP) is 4.41. The Bertz CT molecular complexity index is 1190. The lowest BCUT2D eigenvalue weighted by Crippen LogP contribution is -2.08. The average Bonchev–Trinajstić information content (AvgIpc) is 3.15. The number of carbonyl (C=O) groups is 1. The molecule has 7 nitrogen and oxygen atoms in total. The van der Waals surface area contributed by atoms with Crippen LogP contribution in [0, 0.1) is 6.92 Å². The van der Waals surface area contributed by atoms with Gasteiger partial charge in [0, 0.05) is 28.3 Å². The van der Waals surface area contributed by atoms with Crippen molar-refractivity contribution in [2.75, 3.05) is 11.1 Å². The fourth-order valence-electron chi connectivity index (χ4n) is 2.97. The van der Waals surface area contributed by atoms with Crippen molar-refractivity contribution in [3.8, 4) is 11.3 Å². The van der Waals surface area contributed by atoms with E-state index in [1.807, 2.05) is 62.4 Å². The summed E-state index contributed by atoms with van der Waals surface area (Å²) in [5.74, 6) is 0.402. The number of aromatic amines is 1. The normalized spacial score (nSPS) is 11.0. The van der Waals surface area contributed by atoms with E-state index in [9.17, 15) is 4.79 Å². The van der Waals surface area contributed by atoms with Crippen molar-refractivity contribution in [2.45, 2.75) is 30.3 Å². The van der Waals surface area contributed by atoms with Crippen LogP contribution < -0.4 is 11.1 Å². The van der Waals surface area contributed by atoms with Gasteiger partial charge in [0.1, 0.15) is 5.82 Å². The summed E-state index contributed by atoms with van der Waals surface area (Å²) in [6.45, 7) is 3.77. The first-order chi connectivity index (χ1) is 14.0. The lowest BCUT2D eigenvalue weighted by molar-refractivity contribution is -0.115. The van der Waals surface area contributed by atoms with Gasteiger partial charge in [-0.1, -0.05) is 19.1 Å². The molecule has 4 aromatic rings. The Labute approximate surface area is 172 Å². The minimum atomic E-state index is -0.0149. The Hall–Kier alpha value is -3.39. The first-order valence-corrected chi connectivity index (χ1v) is 10.0. The highest BCUT2D eigenvalue weighted by atomic mass is 32.2. The van der Waals surface area contributed by atoms with Gasteiger partial charge >= 0.3 is 0 Å². The summed E-state index contributed by atoms with van der Waals surface area (Å²) < 4.78 is 0. The number of anilines is 2. The maximum Gasteiger partial charge on any atom is 0.224 e. The number of carbonyl (C=O) groups excluding carboxylic acids is 1. The molecule has 0 aliphatic carbocycles. The third kappa shape index (κ3) is 4.07. The van der Waals surface area contributed by atoms with E-state index in [1.165, 1.54) is 11.8 Å². The second-order valence-electron chi connectivity index (χ2n) is 6.56. The molecule has 0 saturated carbocycles. The third-order valence-electron chi connectivity index (χ3n) is 4.38. The van der Waals surface area contributed by atoms with Crippen molar-refractivity contribution in [1.82, 2.24) is 20.2 Å². The second-order valence-corrected chi connectivity index (χ2v) is 7.60. The van der Waals surface area contributed by atoms with Crippen LogP contribution in [0.15, 0.2) is 58.6 Å². The number of hydrogen-bond acceptors (Lipinski definition) is 6. The van der Waals surface area contributed by atoms with Crippen LogP contribution in [-0.2, 0) is 4.79 Å². The van der Waals surface area contributed by atoms with Gasteiger partial charge in [-0.2, -0.15) is 5.10 Å². The molecule has 0 fully saturated rings. The predicted molar refractivity (Wildman–Crippen MR) is 116 cm³/mol. The molecule has 29 heavy (non-hydrogen) atoms. The number of aryl methyl sites for hydroxylation is 1. The SMILES string of the molecule is CCC(=O)Nc1ccc(Sc2nc(N)c3c(-c4cc(C)[nH]n4)cccc3n2)cc1. The molecular formula is C21H20N6OS. The smallest absolute Gasteiger partial charge is 0.224 e. The van der Waals surface area contributed by atoms with Crippen LogP contribution in [0.25, 0.3) is 22.2 Å². The number of amides is 1. The topological polar surface area (TPSA) is 110 Å². The van der Waals surface area contributed by atoms with Crippen LogP contribution in [0.3, 0.4) is 0 Å². The number of H-pyrrole nitrogens is 1. The molecule has 4 N–H and O–H groups in total. The maximum absolute atomic E-state index is 11.5. The number of nitrogen functional groups attached to an aromatic ring is 1. The summed E-state index contributed by atoms with van der Waals surface area (Å²) in [7, 11) is 0. The highest BCUT2D eigenvalue weighted by molar-refractivity contribution is 7.99. The van der Waals surface area contributed by atoms with Gasteiger partial charge in [-0.05, 0) is 55.1 Å². The Morgan fingerprint density at radius 2 is 1.97 bits per heavy atom. The molecular weight excluding hydrogens is 384 g/mol. The van der Waals surface area contributed by atoms with Crippen LogP contribution in [0.4, 0.5) is 11.5 Å². The molecule has 0 bridgehead atoms. The molecule has 0 spiro atoms. The molecule has 0 atom stereocenters. The number of nitrogens with two attached hydrogens (primary N) is 1. The number of rotatable bonds is 5. The highest BCUT2D eigenvalue weighted by Crippen LogP contribution is 2.33. The number of aromatic nitrogens is 4. The number of hydrogen-bond donors (Lipinski definition) is 3. The summed E-state index contributed by atoms with van der Waals surface area (Å²) in [5, 5.41) is 11.5. The van der Waals surface area contributed by atoms with Crippen LogP contribution in [-0.4, -0.2) is 26.1 Å². The summed E-state index contributed by atoms with van der Waals surface area (Å²) in [6, 6.07) is 15.4. The van der Waals surface area contributed by atoms with E-state index in [2.05, 4.69) is 25.5 Å². The number of benzene rings is 2. The molecule has 0 radical (unpaired) electrons. The van der Waals surface area contributed by atoms with Crippen molar-refractivity contribution < 1.29 is 4.79 Å². The lowest BCUT2D eigenvalue weighted by atomic mass is 10.1. The van der Waals surface area contributed by atoms with Gasteiger partial charge in [-0.3, -0.25) is 9.89 Å². The molecule has 8 heteroatoms. The summed E-state index contributed by atoms with van der Waals surface area (Å²) in [5.41, 5.74) is 10.5. The van der Waals surface area contributed by atoms with Gasteiger partial charge in [0.15, 0.2) is 5.16 Å². The third-order valence-corrected chi connectivity index (χ3v) is 5.25. The Kier molecular flexibility index (Phi) is 5.18. The van der Waals surface area contributed by atoms with E-state index in [4.69, 9.17) is 5.73 Å².